The van der Waals surface area contributed by atoms with Crippen LogP contribution in [0.1, 0.15) is 0 Å². The fourth-order valence-corrected chi connectivity index (χ4v) is 1.49. The van der Waals surface area contributed by atoms with Crippen LogP contribution in [0.3, 0.4) is 0 Å². The van der Waals surface area contributed by atoms with Crippen molar-refractivity contribution in [3.63, 3.8) is 0 Å². The molecule has 0 bridgehead atoms. The van der Waals surface area contributed by atoms with E-state index in [0.29, 0.717) is 0 Å². The van der Waals surface area contributed by atoms with Crippen molar-refractivity contribution >= 4 is 16.4 Å². The van der Waals surface area contributed by atoms with E-state index < -0.39 is 0 Å². The Balaban J connectivity index is 2.64. The molecule has 13 heavy (non-hydrogen) atoms. The fraction of sp³-hybridized carbons (Fsp3) is 0. The van der Waals surface area contributed by atoms with E-state index in [1.165, 1.54) is 0 Å². The monoisotopic (exact) mass is 166 g/mol. The Hall–Kier alpha value is -1.83. The van der Waals surface area contributed by atoms with Crippen molar-refractivity contribution < 1.29 is 0 Å². The van der Waals surface area contributed by atoms with E-state index in [-0.39, 0.29) is 0 Å². The van der Waals surface area contributed by atoms with Gasteiger partial charge in [0.05, 0.1) is 17.2 Å². The van der Waals surface area contributed by atoms with Crippen LogP contribution in [0.4, 0.5) is 0 Å². The van der Waals surface area contributed by atoms with E-state index in [2.05, 4.69) is 17.4 Å². The first kappa shape index (κ1) is 6.66. The third-order valence-corrected chi connectivity index (χ3v) is 2.08. The molecule has 0 fully saturated rings. The van der Waals surface area contributed by atoms with Gasteiger partial charge in [0.2, 0.25) is 0 Å². The third kappa shape index (κ3) is 0.855. The topological polar surface area (TPSA) is 17.3 Å². The zero-order chi connectivity index (χ0) is 8.67. The molecule has 2 radical (unpaired) electrons. The molecule has 0 spiro atoms. The molecule has 0 amide bonds. The maximum atomic E-state index is 4.35. The lowest BCUT2D eigenvalue weighted by Gasteiger charge is -1.87. The Morgan fingerprint density at radius 3 is 3.08 bits per heavy atom. The zero-order valence-corrected chi connectivity index (χ0v) is 6.86. The molecule has 2 heterocycles. The Kier molecular flexibility index (Phi) is 1.19. The second kappa shape index (κ2) is 2.33. The van der Waals surface area contributed by atoms with Crippen LogP contribution in [-0.2, 0) is 0 Å². The van der Waals surface area contributed by atoms with E-state index in [9.17, 15) is 0 Å². The van der Waals surface area contributed by atoms with E-state index in [4.69, 9.17) is 0 Å². The average molecular weight is 166 g/mol. The van der Waals surface area contributed by atoms with Crippen LogP contribution in [-0.4, -0.2) is 9.61 Å². The lowest BCUT2D eigenvalue weighted by Crippen LogP contribution is -1.83. The van der Waals surface area contributed by atoms with Crippen LogP contribution in [0.15, 0.2) is 36.4 Å². The number of hydrogen-bond acceptors (Lipinski definition) is 1. The van der Waals surface area contributed by atoms with Crippen molar-refractivity contribution in [1.29, 1.82) is 0 Å². The van der Waals surface area contributed by atoms with Gasteiger partial charge >= 0.3 is 0 Å². The van der Waals surface area contributed by atoms with Crippen molar-refractivity contribution in [2.75, 3.05) is 0 Å². The molecule has 0 unspecified atom stereocenters. The molecule has 60 valence electrons. The summed E-state index contributed by atoms with van der Waals surface area (Å²) in [4.78, 5) is 0. The maximum Gasteiger partial charge on any atom is 0.0934 e. The summed E-state index contributed by atoms with van der Waals surface area (Å²) in [6.45, 7) is 0. The molecule has 0 saturated heterocycles. The highest BCUT2D eigenvalue weighted by Crippen LogP contribution is 2.17. The van der Waals surface area contributed by atoms with Crippen LogP contribution < -0.4 is 0 Å². The van der Waals surface area contributed by atoms with Gasteiger partial charge in [0, 0.05) is 11.5 Å². The van der Waals surface area contributed by atoms with Crippen molar-refractivity contribution in [1.82, 2.24) is 9.61 Å². The van der Waals surface area contributed by atoms with Crippen LogP contribution in [0.5, 0.6) is 0 Å². The first-order chi connectivity index (χ1) is 6.45. The van der Waals surface area contributed by atoms with Crippen molar-refractivity contribution in [3.05, 3.63) is 48.7 Å². The number of pyridine rings is 1. The Morgan fingerprint density at radius 2 is 2.08 bits per heavy atom. The van der Waals surface area contributed by atoms with E-state index in [0.717, 1.165) is 16.4 Å². The van der Waals surface area contributed by atoms with Gasteiger partial charge in [-0.15, -0.1) is 0 Å². The van der Waals surface area contributed by atoms with Gasteiger partial charge in [-0.1, -0.05) is 18.2 Å². The quantitative estimate of drug-likeness (QED) is 0.499. The second-order valence-electron chi connectivity index (χ2n) is 2.88. The molecule has 0 aliphatic heterocycles. The molecule has 3 rings (SSSR count). The molecule has 2 heteroatoms. The second-order valence-corrected chi connectivity index (χ2v) is 2.88. The lowest BCUT2D eigenvalue weighted by atomic mass is 10.2. The molecule has 2 aromatic heterocycles. The minimum atomic E-state index is 0.984. The predicted molar refractivity (Wildman–Crippen MR) is 50.4 cm³/mol. The van der Waals surface area contributed by atoms with Gasteiger partial charge in [0.25, 0.3) is 0 Å². The molecular formula is C11H6N2. The van der Waals surface area contributed by atoms with Crippen molar-refractivity contribution in [2.45, 2.75) is 0 Å². The van der Waals surface area contributed by atoms with E-state index in [1.54, 1.807) is 10.6 Å². The summed E-state index contributed by atoms with van der Waals surface area (Å²) in [5.41, 5.74) is 1.97. The molecule has 0 aliphatic carbocycles. The summed E-state index contributed by atoms with van der Waals surface area (Å²) in [6, 6.07) is 14.8. The maximum absolute atomic E-state index is 4.35. The summed E-state index contributed by atoms with van der Waals surface area (Å²) < 4.78 is 1.73. The molecule has 0 atom stereocenters. The molecule has 0 saturated carbocycles. The summed E-state index contributed by atoms with van der Waals surface area (Å²) in [7, 11) is 0. The molecule has 0 N–H and O–H groups in total. The summed E-state index contributed by atoms with van der Waals surface area (Å²) in [5, 5.41) is 5.47. The van der Waals surface area contributed by atoms with Crippen LogP contribution in [0, 0.1) is 12.3 Å². The number of hydrogen-bond donors (Lipinski definition) is 0. The standard InChI is InChI=1S/C11H6N2/c1-2-6-10-9(5-1)11-7-3-4-8-13(11)12-10/h1-6H. The first-order valence-electron chi connectivity index (χ1n) is 4.11. The molecule has 2 nitrogen and oxygen atoms in total. The van der Waals surface area contributed by atoms with E-state index >= 15 is 0 Å². The number of aromatic nitrogens is 2. The summed E-state index contributed by atoms with van der Waals surface area (Å²) in [5.74, 6) is 0. The molecular weight excluding hydrogens is 160 g/mol. The Bertz CT molecular complexity index is 516. The average Bonchev–Trinajstić information content (AvgIpc) is 2.56. The van der Waals surface area contributed by atoms with Crippen LogP contribution in [0.25, 0.3) is 16.4 Å². The van der Waals surface area contributed by atoms with Crippen LogP contribution >= 0.6 is 0 Å². The smallest absolute Gasteiger partial charge is 0.0934 e. The largest absolute Gasteiger partial charge is 0.230 e. The van der Waals surface area contributed by atoms with Crippen molar-refractivity contribution in [3.8, 4) is 0 Å². The number of fused-ring (bicyclic) bond motifs is 3. The first-order valence-corrected chi connectivity index (χ1v) is 4.11. The zero-order valence-electron chi connectivity index (χ0n) is 6.86. The number of rotatable bonds is 0. The van der Waals surface area contributed by atoms with Gasteiger partial charge in [-0.3, -0.25) is 0 Å². The number of nitrogens with zero attached hydrogens (tertiary/aromatic N) is 2. The molecule has 0 aliphatic rings. The van der Waals surface area contributed by atoms with Gasteiger partial charge < -0.3 is 0 Å². The minimum absolute atomic E-state index is 0.984. The SMILES string of the molecule is [c]1cc[c]n2nc3ccccc3c12. The van der Waals surface area contributed by atoms with Crippen LogP contribution in [0.2, 0.25) is 0 Å². The molecule has 1 aromatic carbocycles. The highest BCUT2D eigenvalue weighted by molar-refractivity contribution is 5.93. The highest BCUT2D eigenvalue weighted by Gasteiger charge is 2.01. The third-order valence-electron chi connectivity index (χ3n) is 2.08. The van der Waals surface area contributed by atoms with Crippen molar-refractivity contribution in [2.24, 2.45) is 0 Å². The fourth-order valence-electron chi connectivity index (χ4n) is 1.49. The van der Waals surface area contributed by atoms with Gasteiger partial charge in [0.15, 0.2) is 0 Å². The van der Waals surface area contributed by atoms with E-state index in [1.807, 2.05) is 30.3 Å². The summed E-state index contributed by atoms with van der Waals surface area (Å²) in [6.07, 6.45) is 3.01. The summed E-state index contributed by atoms with van der Waals surface area (Å²) >= 11 is 0. The highest BCUT2D eigenvalue weighted by atomic mass is 15.2. The molecule has 3 aromatic rings. The van der Waals surface area contributed by atoms with Gasteiger partial charge in [0.1, 0.15) is 0 Å². The van der Waals surface area contributed by atoms with Gasteiger partial charge in [-0.05, 0) is 18.2 Å². The Morgan fingerprint density at radius 1 is 1.15 bits per heavy atom. The lowest BCUT2D eigenvalue weighted by molar-refractivity contribution is 0.972. The van der Waals surface area contributed by atoms with Gasteiger partial charge in [-0.2, -0.15) is 5.10 Å². The number of benzene rings is 1. The van der Waals surface area contributed by atoms with Gasteiger partial charge in [-0.25, -0.2) is 4.52 Å². The normalized spacial score (nSPS) is 11.1. The Labute approximate surface area is 75.4 Å². The minimum Gasteiger partial charge on any atom is -0.230 e. The predicted octanol–water partition coefficient (Wildman–Crippen LogP) is 2.09.